The molecule has 1 aliphatic heterocycles. The van der Waals surface area contributed by atoms with Gasteiger partial charge in [-0.1, -0.05) is 20.3 Å². The zero-order valence-electron chi connectivity index (χ0n) is 10.7. The van der Waals surface area contributed by atoms with E-state index in [1.165, 1.54) is 0 Å². The molecule has 2 amide bonds. The van der Waals surface area contributed by atoms with Gasteiger partial charge in [0.05, 0.1) is 0 Å². The minimum Gasteiger partial charge on any atom is -0.352 e. The molecule has 1 fully saturated rings. The van der Waals surface area contributed by atoms with Crippen molar-refractivity contribution in [3.63, 3.8) is 0 Å². The van der Waals surface area contributed by atoms with E-state index in [-0.39, 0.29) is 17.7 Å². The molecule has 1 aliphatic rings. The fraction of sp³-hybridized carbons (Fsp3) is 0.833. The van der Waals surface area contributed by atoms with Gasteiger partial charge < -0.3 is 10.2 Å². The molecule has 0 aromatic carbocycles. The van der Waals surface area contributed by atoms with Crippen molar-refractivity contribution in [2.45, 2.75) is 46.1 Å². The Kier molecular flexibility index (Phi) is 3.94. The largest absolute Gasteiger partial charge is 0.352 e. The maximum atomic E-state index is 12.2. The summed E-state index contributed by atoms with van der Waals surface area (Å²) in [5.41, 5.74) is -0.711. The van der Waals surface area contributed by atoms with Crippen molar-refractivity contribution in [1.82, 2.24) is 10.2 Å². The molecule has 0 bridgehead atoms. The highest BCUT2D eigenvalue weighted by Gasteiger charge is 2.41. The van der Waals surface area contributed by atoms with Gasteiger partial charge in [0.25, 0.3) is 0 Å². The van der Waals surface area contributed by atoms with E-state index >= 15 is 0 Å². The Morgan fingerprint density at radius 3 is 2.75 bits per heavy atom. The summed E-state index contributed by atoms with van der Waals surface area (Å²) in [4.78, 5) is 25.6. The molecule has 1 atom stereocenters. The Hall–Kier alpha value is -1.06. The van der Waals surface area contributed by atoms with Crippen molar-refractivity contribution in [1.29, 1.82) is 0 Å². The lowest BCUT2D eigenvalue weighted by Crippen LogP contribution is -2.64. The lowest BCUT2D eigenvalue weighted by molar-refractivity contribution is -0.151. The smallest absolute Gasteiger partial charge is 0.245 e. The Morgan fingerprint density at radius 2 is 2.19 bits per heavy atom. The number of nitrogens with one attached hydrogen (secondary N) is 1. The van der Waals surface area contributed by atoms with E-state index in [0.29, 0.717) is 13.1 Å². The molecule has 1 rings (SSSR count). The third-order valence-electron chi connectivity index (χ3n) is 3.26. The van der Waals surface area contributed by atoms with Gasteiger partial charge in [-0.15, -0.1) is 0 Å². The van der Waals surface area contributed by atoms with Crippen molar-refractivity contribution in [2.75, 3.05) is 13.1 Å². The highest BCUT2D eigenvalue weighted by atomic mass is 16.2. The molecule has 1 saturated heterocycles. The van der Waals surface area contributed by atoms with Crippen molar-refractivity contribution < 1.29 is 9.59 Å². The van der Waals surface area contributed by atoms with Crippen LogP contribution in [0.1, 0.15) is 40.5 Å². The minimum atomic E-state index is -0.711. The number of carbonyl (C=O) groups excluding carboxylic acids is 2. The first-order valence-electron chi connectivity index (χ1n) is 6.01. The van der Waals surface area contributed by atoms with Gasteiger partial charge in [0.15, 0.2) is 0 Å². The van der Waals surface area contributed by atoms with Crippen molar-refractivity contribution in [3.05, 3.63) is 0 Å². The molecule has 0 aromatic heterocycles. The van der Waals surface area contributed by atoms with E-state index in [0.717, 1.165) is 12.8 Å². The number of rotatable bonds is 3. The Labute approximate surface area is 97.4 Å². The summed E-state index contributed by atoms with van der Waals surface area (Å²) in [6.07, 6.45) is 1.88. The number of hydrogen-bond donors (Lipinski definition) is 1. The van der Waals surface area contributed by atoms with Crippen LogP contribution in [0.3, 0.4) is 0 Å². The SMILES string of the molecule is CCCC(C)C(=O)N1CCNC(=O)C1(C)C. The van der Waals surface area contributed by atoms with Gasteiger partial charge in [-0.3, -0.25) is 9.59 Å². The van der Waals surface area contributed by atoms with E-state index in [4.69, 9.17) is 0 Å². The van der Waals surface area contributed by atoms with Gasteiger partial charge in [0.2, 0.25) is 11.8 Å². The van der Waals surface area contributed by atoms with Gasteiger partial charge in [-0.25, -0.2) is 0 Å². The van der Waals surface area contributed by atoms with E-state index in [1.54, 1.807) is 18.7 Å². The number of piperazine rings is 1. The molecule has 1 heterocycles. The molecule has 1 unspecified atom stereocenters. The number of nitrogens with zero attached hydrogens (tertiary/aromatic N) is 1. The second kappa shape index (κ2) is 4.85. The molecule has 0 saturated carbocycles. The normalized spacial score (nSPS) is 21.5. The maximum absolute atomic E-state index is 12.2. The fourth-order valence-electron chi connectivity index (χ4n) is 2.11. The fourth-order valence-corrected chi connectivity index (χ4v) is 2.11. The van der Waals surface area contributed by atoms with Crippen LogP contribution in [0.2, 0.25) is 0 Å². The van der Waals surface area contributed by atoms with Crippen LogP contribution in [-0.2, 0) is 9.59 Å². The van der Waals surface area contributed by atoms with Gasteiger partial charge in [0, 0.05) is 19.0 Å². The van der Waals surface area contributed by atoms with Crippen LogP contribution in [0.4, 0.5) is 0 Å². The number of hydrogen-bond acceptors (Lipinski definition) is 2. The van der Waals surface area contributed by atoms with Gasteiger partial charge in [-0.05, 0) is 20.3 Å². The van der Waals surface area contributed by atoms with Crippen LogP contribution in [-0.4, -0.2) is 35.3 Å². The molecule has 0 aromatic rings. The molecule has 4 heteroatoms. The summed E-state index contributed by atoms with van der Waals surface area (Å²) >= 11 is 0. The van der Waals surface area contributed by atoms with Crippen LogP contribution >= 0.6 is 0 Å². The van der Waals surface area contributed by atoms with Crippen molar-refractivity contribution in [2.24, 2.45) is 5.92 Å². The first kappa shape index (κ1) is 13.0. The van der Waals surface area contributed by atoms with Gasteiger partial charge in [-0.2, -0.15) is 0 Å². The minimum absolute atomic E-state index is 0.00942. The molecule has 0 spiro atoms. The third-order valence-corrected chi connectivity index (χ3v) is 3.26. The number of carbonyl (C=O) groups is 2. The van der Waals surface area contributed by atoms with Crippen molar-refractivity contribution >= 4 is 11.8 Å². The predicted octanol–water partition coefficient (Wildman–Crippen LogP) is 1.16. The van der Waals surface area contributed by atoms with E-state index in [1.807, 2.05) is 6.92 Å². The average Bonchev–Trinajstić information content (AvgIpc) is 2.21. The average molecular weight is 226 g/mol. The Morgan fingerprint density at radius 1 is 1.56 bits per heavy atom. The van der Waals surface area contributed by atoms with Gasteiger partial charge >= 0.3 is 0 Å². The second-order valence-corrected chi connectivity index (χ2v) is 4.99. The van der Waals surface area contributed by atoms with Gasteiger partial charge in [0.1, 0.15) is 5.54 Å². The second-order valence-electron chi connectivity index (χ2n) is 4.99. The quantitative estimate of drug-likeness (QED) is 0.785. The highest BCUT2D eigenvalue weighted by Crippen LogP contribution is 2.21. The zero-order valence-corrected chi connectivity index (χ0v) is 10.7. The van der Waals surface area contributed by atoms with E-state index in [9.17, 15) is 9.59 Å². The standard InChI is InChI=1S/C12H22N2O2/c1-5-6-9(2)10(15)14-8-7-13-11(16)12(14,3)4/h9H,5-8H2,1-4H3,(H,13,16). The summed E-state index contributed by atoms with van der Waals surface area (Å²) in [5, 5.41) is 2.80. The molecule has 0 aliphatic carbocycles. The summed E-state index contributed by atoms with van der Waals surface area (Å²) in [5.74, 6) is 0.0488. The molecule has 0 radical (unpaired) electrons. The summed E-state index contributed by atoms with van der Waals surface area (Å²) in [7, 11) is 0. The topological polar surface area (TPSA) is 49.4 Å². The summed E-state index contributed by atoms with van der Waals surface area (Å²) < 4.78 is 0. The maximum Gasteiger partial charge on any atom is 0.245 e. The molecular formula is C12H22N2O2. The highest BCUT2D eigenvalue weighted by molar-refractivity contribution is 5.92. The lowest BCUT2D eigenvalue weighted by Gasteiger charge is -2.42. The van der Waals surface area contributed by atoms with Crippen LogP contribution in [0.25, 0.3) is 0 Å². The molecule has 4 nitrogen and oxygen atoms in total. The Bertz CT molecular complexity index is 287. The summed E-state index contributed by atoms with van der Waals surface area (Å²) in [6.45, 7) is 8.79. The zero-order chi connectivity index (χ0) is 12.3. The first-order valence-corrected chi connectivity index (χ1v) is 6.01. The Balaban J connectivity index is 2.78. The predicted molar refractivity (Wildman–Crippen MR) is 62.9 cm³/mol. The van der Waals surface area contributed by atoms with E-state index in [2.05, 4.69) is 12.2 Å². The molecule has 16 heavy (non-hydrogen) atoms. The number of amides is 2. The lowest BCUT2D eigenvalue weighted by atomic mass is 9.95. The third kappa shape index (κ3) is 2.36. The molecule has 1 N–H and O–H groups in total. The van der Waals surface area contributed by atoms with Crippen LogP contribution < -0.4 is 5.32 Å². The molecular weight excluding hydrogens is 204 g/mol. The van der Waals surface area contributed by atoms with Crippen LogP contribution in [0, 0.1) is 5.92 Å². The molecule has 92 valence electrons. The monoisotopic (exact) mass is 226 g/mol. The van der Waals surface area contributed by atoms with Crippen LogP contribution in [0.5, 0.6) is 0 Å². The van der Waals surface area contributed by atoms with Crippen molar-refractivity contribution in [3.8, 4) is 0 Å². The summed E-state index contributed by atoms with van der Waals surface area (Å²) in [6, 6.07) is 0. The van der Waals surface area contributed by atoms with E-state index < -0.39 is 5.54 Å². The first-order chi connectivity index (χ1) is 7.41. The van der Waals surface area contributed by atoms with Crippen LogP contribution in [0.15, 0.2) is 0 Å².